The fourth-order valence-electron chi connectivity index (χ4n) is 3.41. The molecule has 24 heavy (non-hydrogen) atoms. The second kappa shape index (κ2) is 5.99. The molecule has 7 nitrogen and oxygen atoms in total. The largest absolute Gasteiger partial charge is 0.336 e. The quantitative estimate of drug-likeness (QED) is 0.904. The number of halogens is 1. The van der Waals surface area contributed by atoms with Gasteiger partial charge in [-0.1, -0.05) is 0 Å². The third-order valence-electron chi connectivity index (χ3n) is 4.98. The number of aromatic nitrogens is 5. The molecule has 2 aromatic rings. The second-order valence-corrected chi connectivity index (χ2v) is 6.62. The van der Waals surface area contributed by atoms with Gasteiger partial charge < -0.3 is 4.90 Å². The van der Waals surface area contributed by atoms with Crippen molar-refractivity contribution in [3.05, 3.63) is 29.6 Å². The predicted molar refractivity (Wildman–Crippen MR) is 84.4 cm³/mol. The van der Waals surface area contributed by atoms with Crippen LogP contribution < -0.4 is 0 Å². The van der Waals surface area contributed by atoms with Crippen LogP contribution in [0.5, 0.6) is 0 Å². The molecule has 1 saturated heterocycles. The first-order valence-electron chi connectivity index (χ1n) is 8.50. The van der Waals surface area contributed by atoms with Crippen molar-refractivity contribution in [1.82, 2.24) is 29.9 Å². The van der Waals surface area contributed by atoms with Gasteiger partial charge in [-0.15, -0.1) is 0 Å². The molecular formula is C16H21FN6O. The number of carbonyl (C=O) groups is 1. The average molecular weight is 332 g/mol. The molecule has 2 atom stereocenters. The Morgan fingerprint density at radius 3 is 2.96 bits per heavy atom. The Balaban J connectivity index is 1.53. The lowest BCUT2D eigenvalue weighted by Crippen LogP contribution is -2.31. The smallest absolute Gasteiger partial charge is 0.272 e. The van der Waals surface area contributed by atoms with E-state index in [4.69, 9.17) is 0 Å². The summed E-state index contributed by atoms with van der Waals surface area (Å²) >= 11 is 0. The summed E-state index contributed by atoms with van der Waals surface area (Å²) in [5.74, 6) is 1.52. The first kappa shape index (κ1) is 15.3. The summed E-state index contributed by atoms with van der Waals surface area (Å²) in [5, 5.41) is 11.4. The van der Waals surface area contributed by atoms with Gasteiger partial charge in [-0.25, -0.2) is 4.98 Å². The number of likely N-dealkylation sites (tertiary alicyclic amines) is 1. The van der Waals surface area contributed by atoms with E-state index in [2.05, 4.69) is 20.3 Å². The van der Waals surface area contributed by atoms with Gasteiger partial charge in [-0.3, -0.25) is 19.0 Å². The molecule has 1 saturated carbocycles. The second-order valence-electron chi connectivity index (χ2n) is 6.62. The third kappa shape index (κ3) is 2.59. The average Bonchev–Trinajstić information content (AvgIpc) is 3.06. The van der Waals surface area contributed by atoms with Crippen LogP contribution >= 0.6 is 0 Å². The minimum atomic E-state index is -0.471. The van der Waals surface area contributed by atoms with Crippen LogP contribution in [0.2, 0.25) is 0 Å². The normalized spacial score (nSPS) is 23.8. The molecule has 2 fully saturated rings. The van der Waals surface area contributed by atoms with Crippen molar-refractivity contribution in [3.8, 4) is 0 Å². The Bertz CT molecular complexity index is 737. The topological polar surface area (TPSA) is 79.7 Å². The maximum Gasteiger partial charge on any atom is 0.272 e. The molecule has 1 N–H and O–H groups in total. The van der Waals surface area contributed by atoms with Crippen LogP contribution in [0.15, 0.2) is 12.3 Å². The monoisotopic (exact) mass is 332 g/mol. The summed E-state index contributed by atoms with van der Waals surface area (Å²) in [5.41, 5.74) is 0.548. The highest BCUT2D eigenvalue weighted by atomic mass is 19.1. The van der Waals surface area contributed by atoms with Crippen molar-refractivity contribution in [3.63, 3.8) is 0 Å². The number of carbonyl (C=O) groups excluding carboxylic acids is 1. The van der Waals surface area contributed by atoms with Gasteiger partial charge in [0.25, 0.3) is 5.91 Å². The Labute approximate surface area is 139 Å². The minimum absolute atomic E-state index is 0.0998. The van der Waals surface area contributed by atoms with E-state index in [1.165, 1.54) is 0 Å². The van der Waals surface area contributed by atoms with Gasteiger partial charge in [-0.2, -0.15) is 10.2 Å². The Kier molecular flexibility index (Phi) is 3.82. The van der Waals surface area contributed by atoms with Gasteiger partial charge in [0.1, 0.15) is 11.5 Å². The zero-order valence-corrected chi connectivity index (χ0v) is 13.7. The molecule has 0 unspecified atom stereocenters. The van der Waals surface area contributed by atoms with Crippen molar-refractivity contribution in [2.75, 3.05) is 19.8 Å². The summed E-state index contributed by atoms with van der Waals surface area (Å²) in [7, 11) is 0. The van der Waals surface area contributed by atoms with Crippen LogP contribution in [-0.2, 0) is 6.54 Å². The first-order valence-corrected chi connectivity index (χ1v) is 8.50. The Morgan fingerprint density at radius 2 is 2.25 bits per heavy atom. The lowest BCUT2D eigenvalue weighted by atomic mass is 9.97. The number of amides is 1. The highest BCUT2D eigenvalue weighted by Gasteiger charge is 2.39. The zero-order valence-electron chi connectivity index (χ0n) is 13.7. The fourth-order valence-corrected chi connectivity index (χ4v) is 3.41. The molecule has 8 heteroatoms. The molecule has 2 aliphatic rings. The van der Waals surface area contributed by atoms with Crippen molar-refractivity contribution in [2.24, 2.45) is 5.92 Å². The van der Waals surface area contributed by atoms with Gasteiger partial charge in [0, 0.05) is 43.6 Å². The lowest BCUT2D eigenvalue weighted by Gasteiger charge is -2.16. The maximum absolute atomic E-state index is 13.5. The van der Waals surface area contributed by atoms with Crippen LogP contribution in [0.3, 0.4) is 0 Å². The van der Waals surface area contributed by atoms with Crippen molar-refractivity contribution >= 4 is 5.91 Å². The molecule has 0 bridgehead atoms. The summed E-state index contributed by atoms with van der Waals surface area (Å²) in [6, 6.07) is 1.71. The lowest BCUT2D eigenvalue weighted by molar-refractivity contribution is 0.0772. The van der Waals surface area contributed by atoms with Crippen LogP contribution in [-0.4, -0.2) is 55.5 Å². The fraction of sp³-hybridized carbons (Fsp3) is 0.625. The van der Waals surface area contributed by atoms with E-state index in [1.807, 2.05) is 6.92 Å². The van der Waals surface area contributed by atoms with Crippen molar-refractivity contribution in [2.45, 2.75) is 38.1 Å². The van der Waals surface area contributed by atoms with E-state index in [0.29, 0.717) is 37.1 Å². The number of hydrogen-bond donors (Lipinski definition) is 1. The van der Waals surface area contributed by atoms with E-state index in [0.717, 1.165) is 18.7 Å². The third-order valence-corrected chi connectivity index (χ3v) is 4.98. The molecule has 4 rings (SSSR count). The number of nitrogens with one attached hydrogen (secondary N) is 1. The molecule has 1 aliphatic carbocycles. The van der Waals surface area contributed by atoms with Gasteiger partial charge in [0.05, 0.1) is 6.67 Å². The number of nitrogens with zero attached hydrogens (tertiary/aromatic N) is 5. The molecule has 0 spiro atoms. The number of aryl methyl sites for hydroxylation is 1. The van der Waals surface area contributed by atoms with Crippen molar-refractivity contribution < 1.29 is 9.18 Å². The van der Waals surface area contributed by atoms with Crippen LogP contribution in [0, 0.1) is 5.92 Å². The zero-order chi connectivity index (χ0) is 16.7. The summed E-state index contributed by atoms with van der Waals surface area (Å²) < 4.78 is 15.2. The van der Waals surface area contributed by atoms with Gasteiger partial charge in [0.2, 0.25) is 0 Å². The summed E-state index contributed by atoms with van der Waals surface area (Å²) in [6.45, 7) is 2.95. The highest BCUT2D eigenvalue weighted by Crippen LogP contribution is 2.39. The SMILES string of the molecule is CCn1nccc1C(=O)N1C[C@@H](CF)[C@H](c2nc(C3CC3)n[nH]2)C1. The summed E-state index contributed by atoms with van der Waals surface area (Å²) in [4.78, 5) is 19.0. The number of H-pyrrole nitrogens is 1. The number of aromatic amines is 1. The van der Waals surface area contributed by atoms with Gasteiger partial charge in [0.15, 0.2) is 5.82 Å². The number of hydrogen-bond acceptors (Lipinski definition) is 4. The number of rotatable bonds is 5. The van der Waals surface area contributed by atoms with E-state index in [-0.39, 0.29) is 17.7 Å². The number of alkyl halides is 1. The standard InChI is InChI=1S/C16H21FN6O/c1-2-23-13(5-6-18-23)16(24)22-8-11(7-17)12(9-22)15-19-14(20-21-15)10-3-4-10/h5-6,10-12H,2-4,7-9H2,1H3,(H,19,20,21)/t11-,12-/m1/s1. The minimum Gasteiger partial charge on any atom is -0.336 e. The van der Waals surface area contributed by atoms with E-state index >= 15 is 0 Å². The Hall–Kier alpha value is -2.25. The first-order chi connectivity index (χ1) is 11.7. The molecule has 128 valence electrons. The van der Waals surface area contributed by atoms with Crippen LogP contribution in [0.1, 0.15) is 53.7 Å². The molecule has 3 heterocycles. The molecule has 1 amide bonds. The molecule has 1 aliphatic heterocycles. The maximum atomic E-state index is 13.5. The predicted octanol–water partition coefficient (Wildman–Crippen LogP) is 1.72. The van der Waals surface area contributed by atoms with Crippen molar-refractivity contribution in [1.29, 1.82) is 0 Å². The van der Waals surface area contributed by atoms with E-state index < -0.39 is 6.67 Å². The Morgan fingerprint density at radius 1 is 1.42 bits per heavy atom. The van der Waals surface area contributed by atoms with Crippen LogP contribution in [0.4, 0.5) is 4.39 Å². The molecular weight excluding hydrogens is 311 g/mol. The van der Waals surface area contributed by atoms with Gasteiger partial charge in [-0.05, 0) is 25.8 Å². The summed E-state index contributed by atoms with van der Waals surface area (Å²) in [6.07, 6.45) is 3.87. The molecule has 0 aromatic carbocycles. The van der Waals surface area contributed by atoms with E-state index in [1.54, 1.807) is 21.8 Å². The van der Waals surface area contributed by atoms with Crippen LogP contribution in [0.25, 0.3) is 0 Å². The molecule has 2 aromatic heterocycles. The molecule has 0 radical (unpaired) electrons. The van der Waals surface area contributed by atoms with Gasteiger partial charge >= 0.3 is 0 Å². The highest BCUT2D eigenvalue weighted by molar-refractivity contribution is 5.92. The van der Waals surface area contributed by atoms with E-state index in [9.17, 15) is 9.18 Å².